The minimum Gasteiger partial charge on any atom is -0.444 e. The van der Waals surface area contributed by atoms with Gasteiger partial charge in [-0.15, -0.1) is 0 Å². The number of rotatable bonds is 7. The van der Waals surface area contributed by atoms with Gasteiger partial charge in [-0.3, -0.25) is 4.79 Å². The highest BCUT2D eigenvalue weighted by Crippen LogP contribution is 2.35. The molecule has 1 N–H and O–H groups in total. The van der Waals surface area contributed by atoms with E-state index in [4.69, 9.17) is 14.7 Å². The first-order valence-electron chi connectivity index (χ1n) is 18.2. The molecule has 4 aromatic rings. The lowest BCUT2D eigenvalue weighted by atomic mass is 10.2. The number of fused-ring (bicyclic) bond motifs is 1. The molecule has 2 saturated heterocycles. The number of hydrogen-bond donors (Lipinski definition) is 1. The number of benzene rings is 1. The van der Waals surface area contributed by atoms with Crippen molar-refractivity contribution in [2.45, 2.75) is 58.1 Å². The maximum atomic E-state index is 13.1. The van der Waals surface area contributed by atoms with Crippen molar-refractivity contribution in [2.75, 3.05) is 86.5 Å². The van der Waals surface area contributed by atoms with Gasteiger partial charge in [0.2, 0.25) is 5.95 Å². The van der Waals surface area contributed by atoms with Crippen molar-refractivity contribution in [3.05, 3.63) is 60.6 Å². The van der Waals surface area contributed by atoms with Crippen LogP contribution in [0, 0.1) is 0 Å². The molecule has 0 radical (unpaired) electrons. The van der Waals surface area contributed by atoms with E-state index in [-0.39, 0.29) is 18.0 Å². The number of aromatic nitrogens is 4. The zero-order chi connectivity index (χ0) is 35.7. The van der Waals surface area contributed by atoms with Gasteiger partial charge in [-0.05, 0) is 70.0 Å². The Balaban J connectivity index is 0.954. The second kappa shape index (κ2) is 14.3. The molecule has 1 aliphatic carbocycles. The number of nitrogens with zero attached hydrogens (tertiary/aromatic N) is 9. The van der Waals surface area contributed by atoms with Gasteiger partial charge in [-0.25, -0.2) is 14.8 Å². The van der Waals surface area contributed by atoms with Gasteiger partial charge in [0, 0.05) is 95.5 Å². The standard InChI is InChI=1S/C38H50N10O3/c1-38(2,3)51-37(50)47-21-19-45(20-22-47)30-12-8-11-29(24-30)44-15-17-46(18-16-44)31-13-14-33(39-26-31)41-36-40-25-27-23-32(35(49)43(4)5)48(34(27)42-36)28-9-6-7-10-28/h8,11-14,23-26,28H,6-7,9-10,15-22H2,1-5H3,(H,39,40,41,42). The van der Waals surface area contributed by atoms with Gasteiger partial charge in [0.25, 0.3) is 5.91 Å². The number of carbonyl (C=O) groups excluding carboxylic acids is 2. The van der Waals surface area contributed by atoms with Crippen molar-refractivity contribution in [1.29, 1.82) is 0 Å². The van der Waals surface area contributed by atoms with Crippen LogP contribution < -0.4 is 20.0 Å². The molecule has 5 heterocycles. The van der Waals surface area contributed by atoms with Crippen LogP contribution in [0.2, 0.25) is 0 Å². The number of nitrogens with one attached hydrogen (secondary N) is 1. The highest BCUT2D eigenvalue weighted by Gasteiger charge is 2.28. The van der Waals surface area contributed by atoms with Crippen molar-refractivity contribution in [3.8, 4) is 0 Å². The Hall–Kier alpha value is -5.07. The first-order valence-corrected chi connectivity index (χ1v) is 18.2. The van der Waals surface area contributed by atoms with Crippen LogP contribution in [0.1, 0.15) is 63.0 Å². The van der Waals surface area contributed by atoms with Gasteiger partial charge < -0.3 is 39.1 Å². The number of anilines is 5. The molecule has 13 heteroatoms. The fourth-order valence-electron chi connectivity index (χ4n) is 7.34. The first-order chi connectivity index (χ1) is 24.5. The smallest absolute Gasteiger partial charge is 0.410 e. The molecule has 3 aliphatic rings. The molecule has 51 heavy (non-hydrogen) atoms. The van der Waals surface area contributed by atoms with E-state index in [9.17, 15) is 9.59 Å². The topological polar surface area (TPSA) is 115 Å². The molecular formula is C38H50N10O3. The van der Waals surface area contributed by atoms with Crippen LogP contribution >= 0.6 is 0 Å². The van der Waals surface area contributed by atoms with Gasteiger partial charge in [-0.1, -0.05) is 18.9 Å². The van der Waals surface area contributed by atoms with E-state index in [1.54, 1.807) is 30.1 Å². The molecule has 7 rings (SSSR count). The molecule has 270 valence electrons. The summed E-state index contributed by atoms with van der Waals surface area (Å²) < 4.78 is 7.69. The summed E-state index contributed by atoms with van der Waals surface area (Å²) in [5, 5.41) is 4.15. The van der Waals surface area contributed by atoms with E-state index in [1.807, 2.05) is 39.1 Å². The fourth-order valence-corrected chi connectivity index (χ4v) is 7.34. The van der Waals surface area contributed by atoms with Gasteiger partial charge in [-0.2, -0.15) is 4.98 Å². The zero-order valence-corrected chi connectivity index (χ0v) is 30.5. The van der Waals surface area contributed by atoms with Crippen molar-refractivity contribution in [3.63, 3.8) is 0 Å². The Morgan fingerprint density at radius 2 is 1.43 bits per heavy atom. The van der Waals surface area contributed by atoms with Crippen LogP contribution in [0.3, 0.4) is 0 Å². The third kappa shape index (κ3) is 7.67. The molecule has 0 atom stereocenters. The maximum Gasteiger partial charge on any atom is 0.410 e. The Labute approximate surface area is 300 Å². The predicted octanol–water partition coefficient (Wildman–Crippen LogP) is 5.77. The van der Waals surface area contributed by atoms with E-state index < -0.39 is 5.60 Å². The highest BCUT2D eigenvalue weighted by atomic mass is 16.6. The molecule has 0 spiro atoms. The predicted molar refractivity (Wildman–Crippen MR) is 201 cm³/mol. The second-order valence-corrected chi connectivity index (χ2v) is 15.0. The SMILES string of the molecule is CN(C)C(=O)c1cc2cnc(Nc3ccc(N4CCN(c5cccc(N6CCN(C(=O)OC(C)(C)C)CC6)c5)CC4)cn3)nc2n1C1CCCC1. The maximum absolute atomic E-state index is 13.1. The Kier molecular flexibility index (Phi) is 9.63. The molecule has 3 fully saturated rings. The van der Waals surface area contributed by atoms with Crippen LogP contribution in [0.15, 0.2) is 54.9 Å². The fraction of sp³-hybridized carbons (Fsp3) is 0.500. The Morgan fingerprint density at radius 3 is 2.02 bits per heavy atom. The summed E-state index contributed by atoms with van der Waals surface area (Å²) in [6.45, 7) is 12.2. The largest absolute Gasteiger partial charge is 0.444 e. The van der Waals surface area contributed by atoms with Crippen LogP contribution in [0.25, 0.3) is 11.0 Å². The van der Waals surface area contributed by atoms with Gasteiger partial charge in [0.1, 0.15) is 22.8 Å². The van der Waals surface area contributed by atoms with Crippen molar-refractivity contribution >= 4 is 51.9 Å². The quantitative estimate of drug-likeness (QED) is 0.256. The van der Waals surface area contributed by atoms with Crippen LogP contribution in [-0.2, 0) is 4.74 Å². The average molecular weight is 695 g/mol. The number of ether oxygens (including phenoxy) is 1. The summed E-state index contributed by atoms with van der Waals surface area (Å²) in [6, 6.07) is 15.0. The number of hydrogen-bond acceptors (Lipinski definition) is 10. The zero-order valence-electron chi connectivity index (χ0n) is 30.5. The van der Waals surface area contributed by atoms with Crippen LogP contribution in [0.5, 0.6) is 0 Å². The molecule has 0 unspecified atom stereocenters. The van der Waals surface area contributed by atoms with Gasteiger partial charge in [0.15, 0.2) is 0 Å². The molecular weight excluding hydrogens is 644 g/mol. The van der Waals surface area contributed by atoms with Crippen LogP contribution in [0.4, 0.5) is 33.6 Å². The third-order valence-corrected chi connectivity index (χ3v) is 10.0. The summed E-state index contributed by atoms with van der Waals surface area (Å²) >= 11 is 0. The molecule has 1 aromatic carbocycles. The normalized spacial score (nSPS) is 17.3. The molecule has 1 saturated carbocycles. The first kappa shape index (κ1) is 34.4. The van der Waals surface area contributed by atoms with Gasteiger partial charge in [0.05, 0.1) is 11.9 Å². The molecule has 2 amide bonds. The van der Waals surface area contributed by atoms with E-state index in [2.05, 4.69) is 59.9 Å². The number of pyridine rings is 1. The van der Waals surface area contributed by atoms with E-state index in [0.29, 0.717) is 30.5 Å². The van der Waals surface area contributed by atoms with E-state index in [0.717, 1.165) is 81.7 Å². The lowest BCUT2D eigenvalue weighted by Gasteiger charge is -2.39. The van der Waals surface area contributed by atoms with Crippen molar-refractivity contribution in [2.24, 2.45) is 0 Å². The molecule has 13 nitrogen and oxygen atoms in total. The Morgan fingerprint density at radius 1 is 0.804 bits per heavy atom. The molecule has 2 aliphatic heterocycles. The molecule has 3 aromatic heterocycles. The minimum absolute atomic E-state index is 0.0203. The lowest BCUT2D eigenvalue weighted by Crippen LogP contribution is -2.50. The lowest BCUT2D eigenvalue weighted by molar-refractivity contribution is 0.0240. The number of carbonyl (C=O) groups is 2. The highest BCUT2D eigenvalue weighted by molar-refractivity contribution is 5.98. The summed E-state index contributed by atoms with van der Waals surface area (Å²) in [4.78, 5) is 50.3. The van der Waals surface area contributed by atoms with E-state index in [1.165, 1.54) is 11.4 Å². The summed E-state index contributed by atoms with van der Waals surface area (Å²) in [6.07, 6.45) is 7.87. The molecule has 0 bridgehead atoms. The monoisotopic (exact) mass is 694 g/mol. The summed E-state index contributed by atoms with van der Waals surface area (Å²) in [5.74, 6) is 1.11. The van der Waals surface area contributed by atoms with Crippen molar-refractivity contribution in [1.82, 2.24) is 29.3 Å². The summed E-state index contributed by atoms with van der Waals surface area (Å²) in [5.41, 5.74) is 4.44. The minimum atomic E-state index is -0.487. The number of amides is 2. The van der Waals surface area contributed by atoms with Crippen molar-refractivity contribution < 1.29 is 14.3 Å². The third-order valence-electron chi connectivity index (χ3n) is 10.0. The number of piperazine rings is 2. The van der Waals surface area contributed by atoms with E-state index >= 15 is 0 Å². The average Bonchev–Trinajstić information content (AvgIpc) is 3.79. The second-order valence-electron chi connectivity index (χ2n) is 15.0. The Bertz CT molecular complexity index is 1850. The van der Waals surface area contributed by atoms with Gasteiger partial charge >= 0.3 is 6.09 Å². The van der Waals surface area contributed by atoms with Crippen LogP contribution in [-0.4, -0.2) is 113 Å². The summed E-state index contributed by atoms with van der Waals surface area (Å²) in [7, 11) is 3.57.